The highest BCUT2D eigenvalue weighted by molar-refractivity contribution is 5.76. The first-order valence-electron chi connectivity index (χ1n) is 12.7. The van der Waals surface area contributed by atoms with Gasteiger partial charge in [0.05, 0.1) is 19.8 Å². The molecule has 0 saturated carbocycles. The Hall–Kier alpha value is -3.38. The van der Waals surface area contributed by atoms with E-state index in [-0.39, 0.29) is 18.3 Å². The lowest BCUT2D eigenvalue weighted by molar-refractivity contribution is -0.132. The first-order chi connectivity index (χ1) is 17.6. The van der Waals surface area contributed by atoms with Crippen molar-refractivity contribution in [3.05, 3.63) is 94.8 Å². The monoisotopic (exact) mass is 491 g/mol. The van der Waals surface area contributed by atoms with Gasteiger partial charge in [-0.15, -0.1) is 0 Å². The fourth-order valence-corrected chi connectivity index (χ4v) is 4.31. The summed E-state index contributed by atoms with van der Waals surface area (Å²) in [7, 11) is 0. The first-order valence-corrected chi connectivity index (χ1v) is 12.7. The lowest BCUT2D eigenvalue weighted by Crippen LogP contribution is -2.34. The third-order valence-electron chi connectivity index (χ3n) is 6.27. The molecule has 1 aliphatic rings. The number of fused-ring (bicyclic) bond motifs is 3. The molecule has 190 valence electrons. The van der Waals surface area contributed by atoms with E-state index in [1.807, 2.05) is 11.0 Å². The third kappa shape index (κ3) is 7.31. The predicted molar refractivity (Wildman–Crippen MR) is 138 cm³/mol. The minimum Gasteiger partial charge on any atom is -0.491 e. The zero-order valence-electron chi connectivity index (χ0n) is 20.9. The number of aryl methyl sites for hydroxylation is 1. The second kappa shape index (κ2) is 13.1. The number of carbonyl (C=O) groups excluding carboxylic acids is 1. The maximum absolute atomic E-state index is 13.7. The molecule has 3 aromatic rings. The SMILES string of the molecule is CCc1ccc2c(c1)Cc1cccc(c1)CN(C(=O)CCCOc1ccccc1F)CCOCCO2. The van der Waals surface area contributed by atoms with Crippen molar-refractivity contribution in [2.45, 2.75) is 39.2 Å². The molecule has 0 aromatic heterocycles. The number of nitrogens with zero attached hydrogens (tertiary/aromatic N) is 1. The number of amides is 1. The summed E-state index contributed by atoms with van der Waals surface area (Å²) in [5.41, 5.74) is 4.70. The summed E-state index contributed by atoms with van der Waals surface area (Å²) < 4.78 is 31.1. The molecule has 0 fully saturated rings. The standard InChI is InChI=1S/C30H34FNO4/c1-2-23-12-13-28-26(20-23)21-24-7-5-8-25(19-24)22-32(14-16-34-17-18-36-28)30(33)11-6-15-35-29-10-4-3-9-27(29)31/h3-5,7-10,12-13,19-20H,2,6,11,14-18,21-22H2,1H3. The fraction of sp³-hybridized carbons (Fsp3) is 0.367. The second-order valence-corrected chi connectivity index (χ2v) is 8.95. The molecule has 3 aromatic carbocycles. The molecule has 4 rings (SSSR count). The quantitative estimate of drug-likeness (QED) is 0.423. The smallest absolute Gasteiger partial charge is 0.223 e. The van der Waals surface area contributed by atoms with Crippen LogP contribution in [0.2, 0.25) is 0 Å². The highest BCUT2D eigenvalue weighted by Gasteiger charge is 2.16. The van der Waals surface area contributed by atoms with Gasteiger partial charge in [0.15, 0.2) is 11.6 Å². The Kier molecular flexibility index (Phi) is 9.33. The number of halogens is 1. The van der Waals surface area contributed by atoms with Crippen LogP contribution in [0.5, 0.6) is 11.5 Å². The van der Waals surface area contributed by atoms with Gasteiger partial charge in [-0.25, -0.2) is 4.39 Å². The van der Waals surface area contributed by atoms with Crippen LogP contribution in [-0.2, 0) is 28.9 Å². The molecule has 1 aliphatic heterocycles. The molecule has 0 saturated heterocycles. The molecule has 1 heterocycles. The number of rotatable bonds is 6. The Bertz CT molecular complexity index is 1150. The molecular weight excluding hydrogens is 457 g/mol. The molecule has 6 heteroatoms. The topological polar surface area (TPSA) is 48.0 Å². The molecule has 0 N–H and O–H groups in total. The van der Waals surface area contributed by atoms with Crippen molar-refractivity contribution in [2.75, 3.05) is 33.0 Å². The van der Waals surface area contributed by atoms with E-state index in [1.165, 1.54) is 17.2 Å². The molecule has 36 heavy (non-hydrogen) atoms. The molecule has 5 nitrogen and oxygen atoms in total. The Balaban J connectivity index is 1.42. The normalized spacial score (nSPS) is 14.3. The van der Waals surface area contributed by atoms with E-state index in [1.54, 1.807) is 18.2 Å². The number of hydrogen-bond acceptors (Lipinski definition) is 4. The average Bonchev–Trinajstić information content (AvgIpc) is 2.89. The minimum atomic E-state index is -0.395. The van der Waals surface area contributed by atoms with E-state index in [0.29, 0.717) is 45.8 Å². The summed E-state index contributed by atoms with van der Waals surface area (Å²) in [5, 5.41) is 0. The van der Waals surface area contributed by atoms with Crippen LogP contribution in [0, 0.1) is 5.82 Å². The molecule has 2 bridgehead atoms. The van der Waals surface area contributed by atoms with Gasteiger partial charge in [0.2, 0.25) is 5.91 Å². The average molecular weight is 492 g/mol. The van der Waals surface area contributed by atoms with Gasteiger partial charge in [0.1, 0.15) is 12.4 Å². The highest BCUT2D eigenvalue weighted by atomic mass is 19.1. The van der Waals surface area contributed by atoms with Gasteiger partial charge in [-0.3, -0.25) is 4.79 Å². The number of para-hydroxylation sites is 1. The number of hydrogen-bond donors (Lipinski definition) is 0. The van der Waals surface area contributed by atoms with Crippen molar-refractivity contribution in [3.63, 3.8) is 0 Å². The molecule has 1 amide bonds. The number of ether oxygens (including phenoxy) is 3. The van der Waals surface area contributed by atoms with Crippen LogP contribution in [0.15, 0.2) is 66.7 Å². The molecule has 0 atom stereocenters. The van der Waals surface area contributed by atoms with Crippen molar-refractivity contribution in [3.8, 4) is 11.5 Å². The van der Waals surface area contributed by atoms with E-state index in [9.17, 15) is 9.18 Å². The van der Waals surface area contributed by atoms with Gasteiger partial charge in [0, 0.05) is 25.9 Å². The highest BCUT2D eigenvalue weighted by Crippen LogP contribution is 2.25. The van der Waals surface area contributed by atoms with Crippen molar-refractivity contribution >= 4 is 5.91 Å². The second-order valence-electron chi connectivity index (χ2n) is 8.95. The number of benzene rings is 3. The van der Waals surface area contributed by atoms with E-state index in [4.69, 9.17) is 14.2 Å². The van der Waals surface area contributed by atoms with Crippen LogP contribution in [0.1, 0.15) is 42.0 Å². The van der Waals surface area contributed by atoms with E-state index >= 15 is 0 Å². The molecule has 0 radical (unpaired) electrons. The summed E-state index contributed by atoms with van der Waals surface area (Å²) in [5.74, 6) is 0.742. The van der Waals surface area contributed by atoms with Gasteiger partial charge in [-0.1, -0.05) is 55.5 Å². The Morgan fingerprint density at radius 1 is 1.00 bits per heavy atom. The molecule has 0 spiro atoms. The Morgan fingerprint density at radius 3 is 2.72 bits per heavy atom. The van der Waals surface area contributed by atoms with Crippen molar-refractivity contribution < 1.29 is 23.4 Å². The van der Waals surface area contributed by atoms with Crippen molar-refractivity contribution in [1.29, 1.82) is 0 Å². The van der Waals surface area contributed by atoms with Gasteiger partial charge in [0.25, 0.3) is 0 Å². The van der Waals surface area contributed by atoms with Gasteiger partial charge < -0.3 is 19.1 Å². The lowest BCUT2D eigenvalue weighted by atomic mass is 9.99. The van der Waals surface area contributed by atoms with E-state index in [2.05, 4.69) is 43.3 Å². The number of carbonyl (C=O) groups is 1. The van der Waals surface area contributed by atoms with Crippen LogP contribution in [0.25, 0.3) is 0 Å². The Morgan fingerprint density at radius 2 is 1.86 bits per heavy atom. The summed E-state index contributed by atoms with van der Waals surface area (Å²) >= 11 is 0. The van der Waals surface area contributed by atoms with Crippen LogP contribution >= 0.6 is 0 Å². The van der Waals surface area contributed by atoms with Gasteiger partial charge in [-0.05, 0) is 53.3 Å². The van der Waals surface area contributed by atoms with E-state index in [0.717, 1.165) is 29.7 Å². The largest absolute Gasteiger partial charge is 0.491 e. The molecule has 0 unspecified atom stereocenters. The first kappa shape index (κ1) is 25.7. The molecule has 0 aliphatic carbocycles. The third-order valence-corrected chi connectivity index (χ3v) is 6.27. The van der Waals surface area contributed by atoms with E-state index < -0.39 is 5.82 Å². The van der Waals surface area contributed by atoms with Crippen molar-refractivity contribution in [2.24, 2.45) is 0 Å². The maximum atomic E-state index is 13.7. The summed E-state index contributed by atoms with van der Waals surface area (Å²) in [4.78, 5) is 14.9. The van der Waals surface area contributed by atoms with Crippen molar-refractivity contribution in [1.82, 2.24) is 4.90 Å². The maximum Gasteiger partial charge on any atom is 0.223 e. The summed E-state index contributed by atoms with van der Waals surface area (Å²) in [6.07, 6.45) is 2.57. The fourth-order valence-electron chi connectivity index (χ4n) is 4.31. The van der Waals surface area contributed by atoms with Gasteiger partial charge in [-0.2, -0.15) is 0 Å². The molecular formula is C30H34FNO4. The summed E-state index contributed by atoms with van der Waals surface area (Å²) in [6.45, 7) is 4.79. The van der Waals surface area contributed by atoms with Crippen LogP contribution in [-0.4, -0.2) is 43.8 Å². The Labute approximate surface area is 212 Å². The van der Waals surface area contributed by atoms with Crippen LogP contribution in [0.3, 0.4) is 0 Å². The zero-order valence-corrected chi connectivity index (χ0v) is 20.9. The van der Waals surface area contributed by atoms with Crippen LogP contribution < -0.4 is 9.47 Å². The predicted octanol–water partition coefficient (Wildman–Crippen LogP) is 5.58. The lowest BCUT2D eigenvalue weighted by Gasteiger charge is -2.24. The van der Waals surface area contributed by atoms with Crippen LogP contribution in [0.4, 0.5) is 4.39 Å². The minimum absolute atomic E-state index is 0.0300. The zero-order chi connectivity index (χ0) is 25.2. The summed E-state index contributed by atoms with van der Waals surface area (Å²) in [6, 6.07) is 21.1. The van der Waals surface area contributed by atoms with Gasteiger partial charge >= 0.3 is 0 Å².